The average molecular weight is 331 g/mol. The Balaban J connectivity index is 2.31. The van der Waals surface area contributed by atoms with E-state index in [4.69, 9.17) is 11.6 Å². The van der Waals surface area contributed by atoms with Crippen LogP contribution in [0.25, 0.3) is 0 Å². The van der Waals surface area contributed by atoms with Crippen LogP contribution in [0.15, 0.2) is 17.0 Å². The summed E-state index contributed by atoms with van der Waals surface area (Å²) < 4.78 is 27.3. The van der Waals surface area contributed by atoms with E-state index in [2.05, 4.69) is 11.9 Å². The van der Waals surface area contributed by atoms with Gasteiger partial charge in [-0.15, -0.1) is 0 Å². The Bertz CT molecular complexity index is 623. The third kappa shape index (κ3) is 3.42. The van der Waals surface area contributed by atoms with Gasteiger partial charge in [-0.05, 0) is 70.1 Å². The summed E-state index contributed by atoms with van der Waals surface area (Å²) in [5.74, 6) is 0. The lowest BCUT2D eigenvalue weighted by atomic mass is 10.1. The molecule has 0 amide bonds. The SMILES string of the molecule is Cc1cc(S(=O)(=O)N(C)C2CCN(C)CC2)c(C)cc1Cl. The van der Waals surface area contributed by atoms with Crippen LogP contribution < -0.4 is 0 Å². The number of hydrogen-bond donors (Lipinski definition) is 0. The topological polar surface area (TPSA) is 40.6 Å². The van der Waals surface area contributed by atoms with Crippen molar-refractivity contribution in [1.82, 2.24) is 9.21 Å². The lowest BCUT2D eigenvalue weighted by Crippen LogP contribution is -2.44. The van der Waals surface area contributed by atoms with E-state index in [-0.39, 0.29) is 6.04 Å². The highest BCUT2D eigenvalue weighted by Gasteiger charge is 2.31. The molecule has 1 aliphatic rings. The number of likely N-dealkylation sites (tertiary alicyclic amines) is 1. The zero-order valence-electron chi connectivity index (χ0n) is 13.1. The Kier molecular flexibility index (Phi) is 4.98. The number of nitrogens with zero attached hydrogens (tertiary/aromatic N) is 2. The summed E-state index contributed by atoms with van der Waals surface area (Å²) in [6, 6.07) is 3.48. The summed E-state index contributed by atoms with van der Waals surface area (Å²) in [7, 11) is 0.286. The van der Waals surface area contributed by atoms with E-state index in [1.807, 2.05) is 6.92 Å². The van der Waals surface area contributed by atoms with Crippen molar-refractivity contribution in [3.63, 3.8) is 0 Å². The molecule has 0 spiro atoms. The van der Waals surface area contributed by atoms with Crippen molar-refractivity contribution in [2.45, 2.75) is 37.6 Å². The van der Waals surface area contributed by atoms with Crippen LogP contribution in [-0.4, -0.2) is 50.8 Å². The third-order valence-electron chi connectivity index (χ3n) is 4.32. The average Bonchev–Trinajstić information content (AvgIpc) is 2.42. The molecule has 0 unspecified atom stereocenters. The summed E-state index contributed by atoms with van der Waals surface area (Å²) in [4.78, 5) is 2.60. The lowest BCUT2D eigenvalue weighted by Gasteiger charge is -2.34. The molecule has 0 aromatic heterocycles. The van der Waals surface area contributed by atoms with Gasteiger partial charge in [0.05, 0.1) is 4.90 Å². The van der Waals surface area contributed by atoms with Gasteiger partial charge in [-0.1, -0.05) is 11.6 Å². The van der Waals surface area contributed by atoms with Gasteiger partial charge in [-0.2, -0.15) is 4.31 Å². The number of piperidine rings is 1. The molecule has 0 bridgehead atoms. The van der Waals surface area contributed by atoms with Crippen LogP contribution in [-0.2, 0) is 10.0 Å². The smallest absolute Gasteiger partial charge is 0.243 e. The van der Waals surface area contributed by atoms with E-state index in [0.29, 0.717) is 15.5 Å². The second kappa shape index (κ2) is 6.24. The molecule has 1 aliphatic heterocycles. The summed E-state index contributed by atoms with van der Waals surface area (Å²) in [6.07, 6.45) is 1.75. The van der Waals surface area contributed by atoms with Crippen molar-refractivity contribution < 1.29 is 8.42 Å². The fourth-order valence-corrected chi connectivity index (χ4v) is 4.67. The monoisotopic (exact) mass is 330 g/mol. The minimum absolute atomic E-state index is 0.0709. The van der Waals surface area contributed by atoms with Gasteiger partial charge in [0.15, 0.2) is 0 Å². The van der Waals surface area contributed by atoms with Gasteiger partial charge < -0.3 is 4.90 Å². The molecule has 2 rings (SSSR count). The summed E-state index contributed by atoms with van der Waals surface area (Å²) in [5, 5.41) is 0.605. The minimum atomic E-state index is -3.47. The largest absolute Gasteiger partial charge is 0.306 e. The van der Waals surface area contributed by atoms with Gasteiger partial charge in [0.2, 0.25) is 10.0 Å². The van der Waals surface area contributed by atoms with E-state index in [1.165, 1.54) is 4.31 Å². The molecule has 1 heterocycles. The number of benzene rings is 1. The molecule has 1 aromatic carbocycles. The molecule has 0 saturated carbocycles. The predicted molar refractivity (Wildman–Crippen MR) is 86.4 cm³/mol. The summed E-state index contributed by atoms with van der Waals surface area (Å²) in [5.41, 5.74) is 1.49. The van der Waals surface area contributed by atoms with E-state index in [0.717, 1.165) is 31.5 Å². The maximum Gasteiger partial charge on any atom is 0.243 e. The molecular weight excluding hydrogens is 308 g/mol. The number of rotatable bonds is 3. The normalized spacial score (nSPS) is 18.4. The summed E-state index contributed by atoms with van der Waals surface area (Å²) >= 11 is 6.07. The highest BCUT2D eigenvalue weighted by molar-refractivity contribution is 7.89. The molecule has 0 N–H and O–H groups in total. The zero-order chi connectivity index (χ0) is 15.8. The van der Waals surface area contributed by atoms with Crippen LogP contribution >= 0.6 is 11.6 Å². The van der Waals surface area contributed by atoms with Gasteiger partial charge in [-0.25, -0.2) is 8.42 Å². The molecule has 4 nitrogen and oxygen atoms in total. The van der Waals surface area contributed by atoms with Gasteiger partial charge in [-0.3, -0.25) is 0 Å². The second-order valence-corrected chi connectivity index (χ2v) is 8.30. The highest BCUT2D eigenvalue weighted by Crippen LogP contribution is 2.28. The maximum absolute atomic E-state index is 12.9. The van der Waals surface area contributed by atoms with Gasteiger partial charge >= 0.3 is 0 Å². The van der Waals surface area contributed by atoms with Crippen LogP contribution in [0.4, 0.5) is 0 Å². The van der Waals surface area contributed by atoms with Gasteiger partial charge in [0, 0.05) is 18.1 Å². The third-order valence-corrected chi connectivity index (χ3v) is 6.77. The lowest BCUT2D eigenvalue weighted by molar-refractivity contribution is 0.197. The van der Waals surface area contributed by atoms with Crippen LogP contribution in [0.5, 0.6) is 0 Å². The molecule has 0 atom stereocenters. The molecule has 6 heteroatoms. The molecule has 1 aromatic rings. The summed E-state index contributed by atoms with van der Waals surface area (Å²) in [6.45, 7) is 5.49. The Morgan fingerprint density at radius 1 is 1.19 bits per heavy atom. The Hall–Kier alpha value is -0.620. The van der Waals surface area contributed by atoms with Crippen LogP contribution in [0.1, 0.15) is 24.0 Å². The second-order valence-electron chi connectivity index (χ2n) is 5.92. The predicted octanol–water partition coefficient (Wildman–Crippen LogP) is 2.67. The van der Waals surface area contributed by atoms with Crippen LogP contribution in [0.2, 0.25) is 5.02 Å². The van der Waals surface area contributed by atoms with Crippen molar-refractivity contribution in [2.75, 3.05) is 27.2 Å². The van der Waals surface area contributed by atoms with Crippen molar-refractivity contribution in [1.29, 1.82) is 0 Å². The molecule has 118 valence electrons. The Labute approximate surface area is 132 Å². The van der Waals surface area contributed by atoms with E-state index >= 15 is 0 Å². The first-order valence-corrected chi connectivity index (χ1v) is 8.98. The van der Waals surface area contributed by atoms with Crippen molar-refractivity contribution >= 4 is 21.6 Å². The first-order chi connectivity index (χ1) is 9.73. The zero-order valence-corrected chi connectivity index (χ0v) is 14.6. The fourth-order valence-electron chi connectivity index (χ4n) is 2.74. The molecule has 1 saturated heterocycles. The molecule has 1 fully saturated rings. The van der Waals surface area contributed by atoms with Gasteiger partial charge in [0.1, 0.15) is 0 Å². The first-order valence-electron chi connectivity index (χ1n) is 7.17. The van der Waals surface area contributed by atoms with E-state index in [1.54, 1.807) is 26.1 Å². The molecule has 21 heavy (non-hydrogen) atoms. The Morgan fingerprint density at radius 2 is 1.76 bits per heavy atom. The number of hydrogen-bond acceptors (Lipinski definition) is 3. The minimum Gasteiger partial charge on any atom is -0.306 e. The van der Waals surface area contributed by atoms with Crippen LogP contribution in [0.3, 0.4) is 0 Å². The molecular formula is C15H23ClN2O2S. The fraction of sp³-hybridized carbons (Fsp3) is 0.600. The van der Waals surface area contributed by atoms with E-state index in [9.17, 15) is 8.42 Å². The van der Waals surface area contributed by atoms with Crippen molar-refractivity contribution in [3.05, 3.63) is 28.3 Å². The Morgan fingerprint density at radius 3 is 2.33 bits per heavy atom. The number of sulfonamides is 1. The van der Waals surface area contributed by atoms with Crippen molar-refractivity contribution in [3.8, 4) is 0 Å². The molecule has 0 radical (unpaired) electrons. The molecule has 0 aliphatic carbocycles. The van der Waals surface area contributed by atoms with E-state index < -0.39 is 10.0 Å². The van der Waals surface area contributed by atoms with Crippen molar-refractivity contribution in [2.24, 2.45) is 0 Å². The standard InChI is InChI=1S/C15H23ClN2O2S/c1-11-10-15(12(2)9-14(11)16)21(19,20)18(4)13-5-7-17(3)8-6-13/h9-10,13H,5-8H2,1-4H3. The number of halogens is 1. The number of aryl methyl sites for hydroxylation is 2. The first kappa shape index (κ1) is 16.7. The quantitative estimate of drug-likeness (QED) is 0.855. The highest BCUT2D eigenvalue weighted by atomic mass is 35.5. The van der Waals surface area contributed by atoms with Gasteiger partial charge in [0.25, 0.3) is 0 Å². The van der Waals surface area contributed by atoms with Crippen LogP contribution in [0, 0.1) is 13.8 Å². The maximum atomic E-state index is 12.9.